The number of hydrogen-bond acceptors (Lipinski definition) is 3. The number of para-hydroxylation sites is 1. The van der Waals surface area contributed by atoms with Gasteiger partial charge >= 0.3 is 0 Å². The Morgan fingerprint density at radius 2 is 1.63 bits per heavy atom. The highest BCUT2D eigenvalue weighted by Crippen LogP contribution is 2.34. The second-order valence-electron chi connectivity index (χ2n) is 6.35. The summed E-state index contributed by atoms with van der Waals surface area (Å²) in [5.74, 6) is -0.118. The first-order valence-electron chi connectivity index (χ1n) is 8.69. The molecule has 0 unspecified atom stereocenters. The van der Waals surface area contributed by atoms with Gasteiger partial charge in [-0.2, -0.15) is 5.10 Å². The fourth-order valence-electron chi connectivity index (χ4n) is 3.12. The number of nitrogens with one attached hydrogen (secondary N) is 1. The van der Waals surface area contributed by atoms with Crippen LogP contribution in [-0.2, 0) is 0 Å². The molecule has 1 atom stereocenters. The van der Waals surface area contributed by atoms with Gasteiger partial charge in [-0.1, -0.05) is 70.5 Å². The number of nitrogens with zero attached hydrogens (tertiary/aromatic N) is 2. The third kappa shape index (κ3) is 3.51. The van der Waals surface area contributed by atoms with Crippen LogP contribution in [0.5, 0.6) is 0 Å². The fourth-order valence-corrected chi connectivity index (χ4v) is 3.38. The van der Waals surface area contributed by atoms with E-state index < -0.39 is 0 Å². The van der Waals surface area contributed by atoms with E-state index in [-0.39, 0.29) is 12.1 Å². The van der Waals surface area contributed by atoms with E-state index in [1.807, 2.05) is 85.8 Å². The Labute approximate surface area is 166 Å². The molecule has 1 amide bonds. The van der Waals surface area contributed by atoms with Crippen LogP contribution < -0.4 is 5.32 Å². The Hall–Kier alpha value is -2.92. The molecule has 3 aromatic rings. The molecule has 0 fully saturated rings. The number of halogens is 1. The zero-order valence-electron chi connectivity index (χ0n) is 14.8. The minimum atomic E-state index is -0.376. The maximum Gasteiger partial charge on any atom is 0.278 e. The number of amides is 1. The molecule has 5 heteroatoms. The molecule has 0 saturated carbocycles. The average Bonchev–Trinajstić information content (AvgIpc) is 2.71. The summed E-state index contributed by atoms with van der Waals surface area (Å²) in [5, 5.41) is 9.68. The Kier molecular flexibility index (Phi) is 4.77. The number of fused-ring (bicyclic) bond motifs is 1. The number of hydrogen-bond donors (Lipinski definition) is 1. The second-order valence-corrected chi connectivity index (χ2v) is 7.26. The maximum absolute atomic E-state index is 13.2. The number of carbonyl (C=O) groups excluding carboxylic acids is 1. The normalized spacial score (nSPS) is 16.7. The molecule has 134 valence electrons. The van der Waals surface area contributed by atoms with Crippen LogP contribution in [0.1, 0.15) is 34.6 Å². The molecule has 4 nitrogen and oxygen atoms in total. The van der Waals surface area contributed by atoms with Crippen molar-refractivity contribution in [3.05, 3.63) is 100 Å². The number of carbonyl (C=O) groups is 1. The predicted octanol–water partition coefficient (Wildman–Crippen LogP) is 5.44. The lowest BCUT2D eigenvalue weighted by Crippen LogP contribution is -2.40. The van der Waals surface area contributed by atoms with E-state index in [1.165, 1.54) is 5.01 Å². The monoisotopic (exact) mass is 419 g/mol. The molecule has 0 aliphatic carbocycles. The number of anilines is 1. The van der Waals surface area contributed by atoms with E-state index in [2.05, 4.69) is 21.2 Å². The average molecular weight is 420 g/mol. The Morgan fingerprint density at radius 1 is 0.963 bits per heavy atom. The number of benzene rings is 3. The molecule has 1 aliphatic heterocycles. The molecule has 0 spiro atoms. The fraction of sp³-hybridized carbons (Fsp3) is 0.0909. The van der Waals surface area contributed by atoms with Crippen molar-refractivity contribution in [1.29, 1.82) is 0 Å². The lowest BCUT2D eigenvalue weighted by Gasteiger charge is -2.35. The molecular formula is C22H18BrN3O. The van der Waals surface area contributed by atoms with Crippen molar-refractivity contribution in [2.75, 3.05) is 5.32 Å². The van der Waals surface area contributed by atoms with Gasteiger partial charge in [0, 0.05) is 10.2 Å². The largest absolute Gasteiger partial charge is 0.359 e. The first-order chi connectivity index (χ1) is 13.1. The highest BCUT2D eigenvalue weighted by atomic mass is 79.9. The number of hydrazone groups is 1. The summed E-state index contributed by atoms with van der Waals surface area (Å²) in [6.45, 7) is 1.92. The van der Waals surface area contributed by atoms with Crippen molar-refractivity contribution in [3.8, 4) is 0 Å². The third-order valence-electron chi connectivity index (χ3n) is 4.54. The predicted molar refractivity (Wildman–Crippen MR) is 112 cm³/mol. The topological polar surface area (TPSA) is 44.7 Å². The molecule has 0 bridgehead atoms. The summed E-state index contributed by atoms with van der Waals surface area (Å²) in [7, 11) is 0. The summed E-state index contributed by atoms with van der Waals surface area (Å²) in [5.41, 5.74) is 4.17. The van der Waals surface area contributed by atoms with Crippen LogP contribution in [0.25, 0.3) is 0 Å². The molecule has 4 rings (SSSR count). The van der Waals surface area contributed by atoms with E-state index >= 15 is 0 Å². The molecule has 0 saturated heterocycles. The van der Waals surface area contributed by atoms with Crippen LogP contribution in [0, 0.1) is 0 Å². The molecule has 27 heavy (non-hydrogen) atoms. The first-order valence-corrected chi connectivity index (χ1v) is 9.48. The summed E-state index contributed by atoms with van der Waals surface area (Å²) < 4.78 is 0.990. The van der Waals surface area contributed by atoms with Gasteiger partial charge in [0.1, 0.15) is 0 Å². The van der Waals surface area contributed by atoms with Crippen molar-refractivity contribution < 1.29 is 4.79 Å². The van der Waals surface area contributed by atoms with Crippen molar-refractivity contribution in [2.45, 2.75) is 13.1 Å². The summed E-state index contributed by atoms with van der Waals surface area (Å²) >= 11 is 3.46. The van der Waals surface area contributed by atoms with Crippen molar-refractivity contribution in [2.24, 2.45) is 5.10 Å². The Bertz CT molecular complexity index is 1000. The SMILES string of the molecule is C/C(=N/N1C(=O)c2ccccc2N[C@H]1c1ccc(Br)cc1)c1ccccc1. The first kappa shape index (κ1) is 17.5. The van der Waals surface area contributed by atoms with Gasteiger partial charge in [0.05, 0.1) is 11.3 Å². The highest BCUT2D eigenvalue weighted by molar-refractivity contribution is 9.10. The van der Waals surface area contributed by atoms with E-state index in [0.717, 1.165) is 27.0 Å². The van der Waals surface area contributed by atoms with Crippen LogP contribution in [0.4, 0.5) is 5.69 Å². The minimum Gasteiger partial charge on any atom is -0.359 e. The van der Waals surface area contributed by atoms with Crippen LogP contribution in [0.15, 0.2) is 88.4 Å². The smallest absolute Gasteiger partial charge is 0.278 e. The van der Waals surface area contributed by atoms with E-state index in [4.69, 9.17) is 5.10 Å². The van der Waals surface area contributed by atoms with Gasteiger partial charge in [-0.05, 0) is 42.3 Å². The van der Waals surface area contributed by atoms with Crippen LogP contribution in [0.3, 0.4) is 0 Å². The highest BCUT2D eigenvalue weighted by Gasteiger charge is 2.33. The Morgan fingerprint density at radius 3 is 2.37 bits per heavy atom. The zero-order chi connectivity index (χ0) is 18.8. The summed E-state index contributed by atoms with van der Waals surface area (Å²) in [6, 6.07) is 25.3. The molecule has 1 heterocycles. The molecule has 1 aliphatic rings. The molecule has 3 aromatic carbocycles. The van der Waals surface area contributed by atoms with Gasteiger partial charge in [0.15, 0.2) is 6.17 Å². The molecule has 0 radical (unpaired) electrons. The quantitative estimate of drug-likeness (QED) is 0.574. The van der Waals surface area contributed by atoms with Gasteiger partial charge in [0.2, 0.25) is 0 Å². The molecular weight excluding hydrogens is 402 g/mol. The number of rotatable bonds is 3. The van der Waals surface area contributed by atoms with E-state index in [0.29, 0.717) is 5.56 Å². The van der Waals surface area contributed by atoms with Gasteiger partial charge < -0.3 is 5.32 Å². The van der Waals surface area contributed by atoms with Gasteiger partial charge in [-0.15, -0.1) is 0 Å². The summed E-state index contributed by atoms with van der Waals surface area (Å²) in [6.07, 6.45) is -0.376. The van der Waals surface area contributed by atoms with Crippen LogP contribution >= 0.6 is 15.9 Å². The lowest BCUT2D eigenvalue weighted by molar-refractivity contribution is 0.0690. The zero-order valence-corrected chi connectivity index (χ0v) is 16.3. The van der Waals surface area contributed by atoms with E-state index in [1.54, 1.807) is 0 Å². The third-order valence-corrected chi connectivity index (χ3v) is 5.07. The van der Waals surface area contributed by atoms with E-state index in [9.17, 15) is 4.79 Å². The van der Waals surface area contributed by atoms with Crippen LogP contribution in [0.2, 0.25) is 0 Å². The maximum atomic E-state index is 13.2. The lowest BCUT2D eigenvalue weighted by atomic mass is 10.0. The molecule has 0 aromatic heterocycles. The van der Waals surface area contributed by atoms with Gasteiger partial charge in [-0.25, -0.2) is 5.01 Å². The van der Waals surface area contributed by atoms with Crippen molar-refractivity contribution in [1.82, 2.24) is 5.01 Å². The second kappa shape index (κ2) is 7.37. The Balaban J connectivity index is 1.79. The van der Waals surface area contributed by atoms with Crippen molar-refractivity contribution in [3.63, 3.8) is 0 Å². The van der Waals surface area contributed by atoms with Gasteiger partial charge in [-0.3, -0.25) is 4.79 Å². The minimum absolute atomic E-state index is 0.118. The van der Waals surface area contributed by atoms with Gasteiger partial charge in [0.25, 0.3) is 5.91 Å². The summed E-state index contributed by atoms with van der Waals surface area (Å²) in [4.78, 5) is 13.2. The van der Waals surface area contributed by atoms with Crippen molar-refractivity contribution >= 4 is 33.2 Å². The van der Waals surface area contributed by atoms with Crippen LogP contribution in [-0.4, -0.2) is 16.6 Å². The standard InChI is InChI=1S/C22H18BrN3O/c1-15(16-7-3-2-4-8-16)25-26-21(17-11-13-18(23)14-12-17)24-20-10-6-5-9-19(20)22(26)27/h2-14,21,24H,1H3/b25-15-/t21-/m1/s1. The molecule has 1 N–H and O–H groups in total.